The van der Waals surface area contributed by atoms with Crippen molar-refractivity contribution >= 4 is 44.8 Å². The second kappa shape index (κ2) is 9.41. The molecule has 29 heavy (non-hydrogen) atoms. The van der Waals surface area contributed by atoms with Gasteiger partial charge in [0.15, 0.2) is 0 Å². The van der Waals surface area contributed by atoms with E-state index in [0.717, 1.165) is 9.87 Å². The number of sulfonamides is 1. The normalized spacial score (nSPS) is 11.4. The Morgan fingerprint density at radius 2 is 1.38 bits per heavy atom. The Morgan fingerprint density at radius 1 is 0.828 bits per heavy atom. The molecular formula is C21H18Cl2N2O3S. The lowest BCUT2D eigenvalue weighted by atomic mass is 10.2. The molecule has 0 fully saturated rings. The Kier molecular flexibility index (Phi) is 6.92. The van der Waals surface area contributed by atoms with E-state index in [9.17, 15) is 13.2 Å². The van der Waals surface area contributed by atoms with Gasteiger partial charge in [0.2, 0.25) is 15.9 Å². The van der Waals surface area contributed by atoms with Gasteiger partial charge in [-0.1, -0.05) is 77.8 Å². The van der Waals surface area contributed by atoms with Gasteiger partial charge in [-0.05, 0) is 29.8 Å². The van der Waals surface area contributed by atoms with Crippen LogP contribution in [-0.4, -0.2) is 25.2 Å². The van der Waals surface area contributed by atoms with Gasteiger partial charge in [-0.25, -0.2) is 8.42 Å². The lowest BCUT2D eigenvalue weighted by Gasteiger charge is -2.22. The predicted octanol–water partition coefficient (Wildman–Crippen LogP) is 4.82. The van der Waals surface area contributed by atoms with Crippen molar-refractivity contribution in [3.63, 3.8) is 0 Å². The summed E-state index contributed by atoms with van der Waals surface area (Å²) in [5.74, 6) is -0.546. The molecule has 0 heterocycles. The van der Waals surface area contributed by atoms with E-state index in [1.54, 1.807) is 48.5 Å². The molecule has 0 aliphatic heterocycles. The molecule has 0 spiro atoms. The van der Waals surface area contributed by atoms with Gasteiger partial charge in [-0.2, -0.15) is 4.31 Å². The molecule has 0 unspecified atom stereocenters. The smallest absolute Gasteiger partial charge is 0.243 e. The quantitative estimate of drug-likeness (QED) is 0.562. The minimum atomic E-state index is -3.90. The van der Waals surface area contributed by atoms with Crippen LogP contribution in [0.3, 0.4) is 0 Å². The molecule has 0 aliphatic carbocycles. The number of nitrogens with one attached hydrogen (secondary N) is 1. The third-order valence-electron chi connectivity index (χ3n) is 4.13. The fourth-order valence-electron chi connectivity index (χ4n) is 2.71. The van der Waals surface area contributed by atoms with Gasteiger partial charge >= 0.3 is 0 Å². The largest absolute Gasteiger partial charge is 0.322 e. The molecule has 1 amide bonds. The number of halogens is 2. The topological polar surface area (TPSA) is 66.5 Å². The third-order valence-corrected chi connectivity index (χ3v) is 6.57. The highest BCUT2D eigenvalue weighted by atomic mass is 35.5. The van der Waals surface area contributed by atoms with E-state index in [1.807, 2.05) is 18.2 Å². The predicted molar refractivity (Wildman–Crippen MR) is 116 cm³/mol. The highest BCUT2D eigenvalue weighted by Gasteiger charge is 2.27. The maximum absolute atomic E-state index is 13.2. The summed E-state index contributed by atoms with van der Waals surface area (Å²) >= 11 is 12.2. The van der Waals surface area contributed by atoms with E-state index in [2.05, 4.69) is 5.32 Å². The maximum Gasteiger partial charge on any atom is 0.243 e. The highest BCUT2D eigenvalue weighted by Crippen LogP contribution is 2.30. The second-order valence-electron chi connectivity index (χ2n) is 6.22. The molecule has 0 saturated heterocycles. The molecule has 1 N–H and O–H groups in total. The van der Waals surface area contributed by atoms with Crippen molar-refractivity contribution in [2.24, 2.45) is 0 Å². The van der Waals surface area contributed by atoms with Gasteiger partial charge in [0.1, 0.15) is 0 Å². The van der Waals surface area contributed by atoms with Gasteiger partial charge < -0.3 is 5.32 Å². The van der Waals surface area contributed by atoms with Crippen molar-refractivity contribution < 1.29 is 13.2 Å². The molecule has 150 valence electrons. The number of carbonyl (C=O) groups is 1. The summed E-state index contributed by atoms with van der Waals surface area (Å²) in [4.78, 5) is 12.8. The van der Waals surface area contributed by atoms with Crippen molar-refractivity contribution in [3.05, 3.63) is 94.5 Å². The summed E-state index contributed by atoms with van der Waals surface area (Å²) in [6, 6.07) is 21.9. The molecule has 0 atom stereocenters. The Morgan fingerprint density at radius 3 is 1.97 bits per heavy atom. The number of nitrogens with zero attached hydrogens (tertiary/aromatic N) is 1. The maximum atomic E-state index is 13.2. The Balaban J connectivity index is 1.88. The number of hydrogen-bond donors (Lipinski definition) is 1. The third kappa shape index (κ3) is 5.36. The average molecular weight is 449 g/mol. The lowest BCUT2D eigenvalue weighted by molar-refractivity contribution is -0.116. The highest BCUT2D eigenvalue weighted by molar-refractivity contribution is 7.89. The first-order valence-electron chi connectivity index (χ1n) is 8.71. The standard InChI is InChI=1S/C21H18Cl2N2O3S/c22-18-12-7-13-19(23)21(18)24-20(26)15-25(14-16-8-3-1-4-9-16)29(27,28)17-10-5-2-6-11-17/h1-13H,14-15H2,(H,24,26). The minimum absolute atomic E-state index is 0.0434. The zero-order valence-electron chi connectivity index (χ0n) is 15.3. The van der Waals surface area contributed by atoms with Crippen LogP contribution in [-0.2, 0) is 21.4 Å². The van der Waals surface area contributed by atoms with Gasteiger partial charge in [-0.15, -0.1) is 0 Å². The summed E-state index contributed by atoms with van der Waals surface area (Å²) in [7, 11) is -3.90. The van der Waals surface area contributed by atoms with Gasteiger partial charge in [0, 0.05) is 6.54 Å². The second-order valence-corrected chi connectivity index (χ2v) is 8.97. The Bertz CT molecular complexity index is 1070. The van der Waals surface area contributed by atoms with Crippen LogP contribution in [0.2, 0.25) is 10.0 Å². The average Bonchev–Trinajstić information content (AvgIpc) is 2.72. The molecule has 0 aliphatic rings. The van der Waals surface area contributed by atoms with Crippen LogP contribution in [0.4, 0.5) is 5.69 Å². The number of carbonyl (C=O) groups excluding carboxylic acids is 1. The summed E-state index contributed by atoms with van der Waals surface area (Å²) in [5, 5.41) is 3.15. The van der Waals surface area contributed by atoms with E-state index >= 15 is 0 Å². The van der Waals surface area contributed by atoms with Gasteiger partial charge in [0.05, 0.1) is 27.2 Å². The van der Waals surface area contributed by atoms with Crippen LogP contribution in [0.1, 0.15) is 5.56 Å². The summed E-state index contributed by atoms with van der Waals surface area (Å²) < 4.78 is 27.4. The van der Waals surface area contributed by atoms with E-state index in [-0.39, 0.29) is 27.2 Å². The fraction of sp³-hybridized carbons (Fsp3) is 0.0952. The monoisotopic (exact) mass is 448 g/mol. The fourth-order valence-corrected chi connectivity index (χ4v) is 4.61. The summed E-state index contributed by atoms with van der Waals surface area (Å²) in [6.45, 7) is -0.352. The molecule has 0 radical (unpaired) electrons. The van der Waals surface area contributed by atoms with Crippen molar-refractivity contribution in [1.29, 1.82) is 0 Å². The zero-order chi connectivity index (χ0) is 20.9. The first-order valence-corrected chi connectivity index (χ1v) is 10.9. The molecule has 8 heteroatoms. The van der Waals surface area contributed by atoms with Crippen LogP contribution in [0, 0.1) is 0 Å². The SMILES string of the molecule is O=C(CN(Cc1ccccc1)S(=O)(=O)c1ccccc1)Nc1c(Cl)cccc1Cl. The van der Waals surface area contributed by atoms with E-state index < -0.39 is 22.5 Å². The molecule has 3 aromatic carbocycles. The number of benzene rings is 3. The first-order chi connectivity index (χ1) is 13.9. The van der Waals surface area contributed by atoms with Crippen LogP contribution >= 0.6 is 23.2 Å². The van der Waals surface area contributed by atoms with E-state index in [0.29, 0.717) is 0 Å². The van der Waals surface area contributed by atoms with Crippen molar-refractivity contribution in [1.82, 2.24) is 4.31 Å². The molecule has 3 aromatic rings. The number of anilines is 1. The van der Waals surface area contributed by atoms with Crippen molar-refractivity contribution in [2.75, 3.05) is 11.9 Å². The molecule has 0 bridgehead atoms. The molecular weight excluding hydrogens is 431 g/mol. The van der Waals surface area contributed by atoms with Gasteiger partial charge in [0.25, 0.3) is 0 Å². The number of amides is 1. The van der Waals surface area contributed by atoms with Crippen molar-refractivity contribution in [3.8, 4) is 0 Å². The summed E-state index contributed by atoms with van der Waals surface area (Å²) in [5.41, 5.74) is 1.01. The number of para-hydroxylation sites is 1. The zero-order valence-corrected chi connectivity index (χ0v) is 17.6. The van der Waals surface area contributed by atoms with Gasteiger partial charge in [-0.3, -0.25) is 4.79 Å². The Labute approximate surface area is 179 Å². The molecule has 3 rings (SSSR count). The molecule has 5 nitrogen and oxygen atoms in total. The first kappa shape index (κ1) is 21.3. The summed E-state index contributed by atoms with van der Waals surface area (Å²) in [6.07, 6.45) is 0. The molecule has 0 saturated carbocycles. The lowest BCUT2D eigenvalue weighted by Crippen LogP contribution is -2.37. The van der Waals surface area contributed by atoms with Crippen molar-refractivity contribution in [2.45, 2.75) is 11.4 Å². The van der Waals surface area contributed by atoms with Crippen LogP contribution in [0.25, 0.3) is 0 Å². The van der Waals surface area contributed by atoms with E-state index in [4.69, 9.17) is 23.2 Å². The van der Waals surface area contributed by atoms with Crippen LogP contribution in [0.15, 0.2) is 83.8 Å². The minimum Gasteiger partial charge on any atom is -0.322 e. The van der Waals surface area contributed by atoms with Crippen LogP contribution in [0.5, 0.6) is 0 Å². The van der Waals surface area contributed by atoms with Crippen LogP contribution < -0.4 is 5.32 Å². The molecule has 0 aromatic heterocycles. The Hall–Kier alpha value is -2.38. The number of rotatable bonds is 7. The van der Waals surface area contributed by atoms with E-state index in [1.165, 1.54) is 12.1 Å². The number of hydrogen-bond acceptors (Lipinski definition) is 3.